The first-order valence-corrected chi connectivity index (χ1v) is 8.27. The van der Waals surface area contributed by atoms with Crippen LogP contribution in [0.5, 0.6) is 0 Å². The van der Waals surface area contributed by atoms with E-state index in [1.54, 1.807) is 13.8 Å². The van der Waals surface area contributed by atoms with Gasteiger partial charge in [-0.05, 0) is 38.8 Å². The maximum Gasteiger partial charge on any atom is 0.417 e. The SMILES string of the molecule is Cc1noc(C)c1C(=O)NC1CCN(c2ccc(C(F)(F)F)cn2)CC1. The zero-order valence-corrected chi connectivity index (χ0v) is 14.4. The van der Waals surface area contributed by atoms with Crippen LogP contribution < -0.4 is 10.2 Å². The summed E-state index contributed by atoms with van der Waals surface area (Å²) in [5, 5.41) is 6.74. The van der Waals surface area contributed by atoms with Gasteiger partial charge >= 0.3 is 6.18 Å². The second kappa shape index (κ2) is 6.97. The number of piperidine rings is 1. The second-order valence-corrected chi connectivity index (χ2v) is 6.34. The zero-order valence-electron chi connectivity index (χ0n) is 14.4. The highest BCUT2D eigenvalue weighted by atomic mass is 19.4. The lowest BCUT2D eigenvalue weighted by Crippen LogP contribution is -2.45. The summed E-state index contributed by atoms with van der Waals surface area (Å²) in [7, 11) is 0. The van der Waals surface area contributed by atoms with Crippen molar-refractivity contribution in [2.45, 2.75) is 38.9 Å². The third-order valence-corrected chi connectivity index (χ3v) is 4.49. The van der Waals surface area contributed by atoms with Crippen LogP contribution in [-0.4, -0.2) is 35.2 Å². The normalized spacial score (nSPS) is 16.0. The van der Waals surface area contributed by atoms with Crippen molar-refractivity contribution in [1.29, 1.82) is 0 Å². The lowest BCUT2D eigenvalue weighted by Gasteiger charge is -2.33. The molecule has 0 unspecified atom stereocenters. The molecule has 1 N–H and O–H groups in total. The van der Waals surface area contributed by atoms with E-state index in [1.165, 1.54) is 6.07 Å². The number of alkyl halides is 3. The van der Waals surface area contributed by atoms with Gasteiger partial charge in [-0.25, -0.2) is 4.98 Å². The van der Waals surface area contributed by atoms with Crippen molar-refractivity contribution in [2.24, 2.45) is 0 Å². The Morgan fingerprint density at radius 1 is 1.27 bits per heavy atom. The number of carbonyl (C=O) groups is 1. The van der Waals surface area contributed by atoms with E-state index in [1.807, 2.05) is 4.90 Å². The summed E-state index contributed by atoms with van der Waals surface area (Å²) in [6.45, 7) is 4.61. The number of hydrogen-bond donors (Lipinski definition) is 1. The van der Waals surface area contributed by atoms with Gasteiger partial charge in [0.2, 0.25) is 0 Å². The van der Waals surface area contributed by atoms with Crippen molar-refractivity contribution in [3.8, 4) is 0 Å². The largest absolute Gasteiger partial charge is 0.417 e. The molecular formula is C17H19F3N4O2. The van der Waals surface area contributed by atoms with Gasteiger partial charge in [0.05, 0.1) is 11.3 Å². The number of anilines is 1. The molecule has 26 heavy (non-hydrogen) atoms. The minimum atomic E-state index is -4.39. The fourth-order valence-electron chi connectivity index (χ4n) is 3.06. The number of nitrogens with zero attached hydrogens (tertiary/aromatic N) is 3. The Morgan fingerprint density at radius 2 is 1.96 bits per heavy atom. The summed E-state index contributed by atoms with van der Waals surface area (Å²) in [5.41, 5.74) is 0.242. The average molecular weight is 368 g/mol. The van der Waals surface area contributed by atoms with Gasteiger partial charge in [-0.15, -0.1) is 0 Å². The fourth-order valence-corrected chi connectivity index (χ4v) is 3.06. The molecule has 0 radical (unpaired) electrons. The first kappa shape index (κ1) is 18.2. The van der Waals surface area contributed by atoms with Crippen LogP contribution in [0.1, 0.15) is 40.2 Å². The summed E-state index contributed by atoms with van der Waals surface area (Å²) >= 11 is 0. The van der Waals surface area contributed by atoms with Gasteiger partial charge in [-0.2, -0.15) is 13.2 Å². The van der Waals surface area contributed by atoms with Crippen molar-refractivity contribution >= 4 is 11.7 Å². The van der Waals surface area contributed by atoms with Crippen molar-refractivity contribution < 1.29 is 22.5 Å². The van der Waals surface area contributed by atoms with E-state index in [0.29, 0.717) is 48.8 Å². The van der Waals surface area contributed by atoms with E-state index < -0.39 is 11.7 Å². The highest BCUT2D eigenvalue weighted by Gasteiger charge is 2.31. The quantitative estimate of drug-likeness (QED) is 0.901. The first-order chi connectivity index (χ1) is 12.3. The molecule has 1 aliphatic heterocycles. The fraction of sp³-hybridized carbons (Fsp3) is 0.471. The van der Waals surface area contributed by atoms with Gasteiger partial charge in [0.25, 0.3) is 5.91 Å². The minimum Gasteiger partial charge on any atom is -0.361 e. The zero-order chi connectivity index (χ0) is 18.9. The summed E-state index contributed by atoms with van der Waals surface area (Å²) in [6, 6.07) is 2.40. The van der Waals surface area contributed by atoms with E-state index in [4.69, 9.17) is 4.52 Å². The molecule has 0 bridgehead atoms. The number of pyridine rings is 1. The molecule has 6 nitrogen and oxygen atoms in total. The molecule has 0 atom stereocenters. The molecule has 1 fully saturated rings. The van der Waals surface area contributed by atoms with Crippen LogP contribution in [0.15, 0.2) is 22.9 Å². The average Bonchev–Trinajstić information content (AvgIpc) is 2.93. The summed E-state index contributed by atoms with van der Waals surface area (Å²) in [4.78, 5) is 18.2. The predicted molar refractivity (Wildman–Crippen MR) is 87.9 cm³/mol. The minimum absolute atomic E-state index is 0.0121. The highest BCUT2D eigenvalue weighted by molar-refractivity contribution is 5.96. The molecule has 1 amide bonds. The van der Waals surface area contributed by atoms with Crippen LogP contribution in [0.2, 0.25) is 0 Å². The molecular weight excluding hydrogens is 349 g/mol. The number of carbonyl (C=O) groups excluding carboxylic acids is 1. The predicted octanol–water partition coefficient (Wildman–Crippen LogP) is 3.10. The van der Waals surface area contributed by atoms with Gasteiger partial charge in [0.15, 0.2) is 0 Å². The topological polar surface area (TPSA) is 71.3 Å². The van der Waals surface area contributed by atoms with Crippen molar-refractivity contribution in [1.82, 2.24) is 15.5 Å². The third-order valence-electron chi connectivity index (χ3n) is 4.49. The number of rotatable bonds is 3. The molecule has 1 aliphatic rings. The molecule has 1 saturated heterocycles. The van der Waals surface area contributed by atoms with E-state index in [2.05, 4.69) is 15.5 Å². The Kier molecular flexibility index (Phi) is 4.88. The summed E-state index contributed by atoms with van der Waals surface area (Å²) in [6.07, 6.45) is -2.18. The van der Waals surface area contributed by atoms with Crippen molar-refractivity contribution in [2.75, 3.05) is 18.0 Å². The summed E-state index contributed by atoms with van der Waals surface area (Å²) < 4.78 is 42.8. The van der Waals surface area contributed by atoms with Gasteiger partial charge in [-0.3, -0.25) is 4.79 Å². The summed E-state index contributed by atoms with van der Waals surface area (Å²) in [5.74, 6) is 0.771. The Morgan fingerprint density at radius 3 is 2.46 bits per heavy atom. The molecule has 0 aromatic carbocycles. The van der Waals surface area contributed by atoms with Crippen LogP contribution in [0.25, 0.3) is 0 Å². The molecule has 2 aromatic heterocycles. The lowest BCUT2D eigenvalue weighted by atomic mass is 10.0. The van der Waals surface area contributed by atoms with E-state index in [9.17, 15) is 18.0 Å². The van der Waals surface area contributed by atoms with Gasteiger partial charge < -0.3 is 14.7 Å². The van der Waals surface area contributed by atoms with Crippen molar-refractivity contribution in [3.63, 3.8) is 0 Å². The van der Waals surface area contributed by atoms with Gasteiger partial charge in [-0.1, -0.05) is 5.16 Å². The van der Waals surface area contributed by atoms with Crippen LogP contribution in [0.4, 0.5) is 19.0 Å². The number of aryl methyl sites for hydroxylation is 2. The lowest BCUT2D eigenvalue weighted by molar-refractivity contribution is -0.137. The molecule has 0 aliphatic carbocycles. The van der Waals surface area contributed by atoms with Crippen LogP contribution >= 0.6 is 0 Å². The van der Waals surface area contributed by atoms with E-state index in [-0.39, 0.29) is 11.9 Å². The highest BCUT2D eigenvalue weighted by Crippen LogP contribution is 2.29. The van der Waals surface area contributed by atoms with Gasteiger partial charge in [0.1, 0.15) is 17.1 Å². The smallest absolute Gasteiger partial charge is 0.361 e. The van der Waals surface area contributed by atoms with Crippen LogP contribution in [0.3, 0.4) is 0 Å². The Bertz CT molecular complexity index is 759. The van der Waals surface area contributed by atoms with E-state index in [0.717, 1.165) is 12.3 Å². The maximum atomic E-state index is 12.6. The molecule has 140 valence electrons. The standard InChI is InChI=1S/C17H19F3N4O2/c1-10-15(11(2)26-23-10)16(25)22-13-5-7-24(8-6-13)14-4-3-12(9-21-14)17(18,19)20/h3-4,9,13H,5-8H2,1-2H3,(H,22,25). The van der Waals surface area contributed by atoms with Crippen LogP contribution in [0, 0.1) is 13.8 Å². The second-order valence-electron chi connectivity index (χ2n) is 6.34. The number of halogens is 3. The molecule has 2 aromatic rings. The van der Waals surface area contributed by atoms with Crippen molar-refractivity contribution in [3.05, 3.63) is 40.9 Å². The molecule has 3 heterocycles. The molecule has 3 rings (SSSR count). The number of aromatic nitrogens is 2. The Labute approximate surface area is 148 Å². The number of nitrogens with one attached hydrogen (secondary N) is 1. The Balaban J connectivity index is 1.57. The molecule has 9 heteroatoms. The molecule has 0 saturated carbocycles. The number of hydrogen-bond acceptors (Lipinski definition) is 5. The van der Waals surface area contributed by atoms with E-state index >= 15 is 0 Å². The maximum absolute atomic E-state index is 12.6. The number of amides is 1. The monoisotopic (exact) mass is 368 g/mol. The Hall–Kier alpha value is -2.58. The molecule has 0 spiro atoms. The first-order valence-electron chi connectivity index (χ1n) is 8.27. The van der Waals surface area contributed by atoms with Gasteiger partial charge in [0, 0.05) is 25.3 Å². The van der Waals surface area contributed by atoms with Crippen LogP contribution in [-0.2, 0) is 6.18 Å². The third kappa shape index (κ3) is 3.81.